The average molecular weight is 594 g/mol. The van der Waals surface area contributed by atoms with E-state index < -0.39 is 18.3 Å². The number of amides is 2. The zero-order valence-corrected chi connectivity index (χ0v) is 25.7. The Hall–Kier alpha value is -1.37. The first kappa shape index (κ1) is 32.0. The Balaban J connectivity index is 1.21. The van der Waals surface area contributed by atoms with E-state index >= 15 is 0 Å². The van der Waals surface area contributed by atoms with Gasteiger partial charge in [0.05, 0.1) is 24.2 Å². The normalized spacial score (nSPS) is 34.2. The molecule has 1 saturated carbocycles. The fourth-order valence-electron chi connectivity index (χ4n) is 8.69. The average Bonchev–Trinajstić information content (AvgIpc) is 3.48. The van der Waals surface area contributed by atoms with Gasteiger partial charge in [0, 0.05) is 51.3 Å². The lowest BCUT2D eigenvalue weighted by molar-refractivity contribution is -0.136. The number of halogens is 1. The van der Waals surface area contributed by atoms with E-state index in [0.717, 1.165) is 77.5 Å². The predicted molar refractivity (Wildman–Crippen MR) is 161 cm³/mol. The zero-order chi connectivity index (χ0) is 29.7. The molecule has 5 fully saturated rings. The van der Waals surface area contributed by atoms with E-state index in [1.807, 2.05) is 4.90 Å². The topological polar surface area (TPSA) is 138 Å². The molecule has 1 spiro atoms. The molecule has 0 radical (unpaired) electrons. The third kappa shape index (κ3) is 7.64. The van der Waals surface area contributed by atoms with Gasteiger partial charge in [-0.25, -0.2) is 4.39 Å². The number of piperidine rings is 2. The standard InChI is InChI=1S/C31H56FN7O3/c1-42-23-9-16-39(20-23)30(41)21-7-14-38(15-8-21)26-6-13-35-19-25(26)37-29(40)27(28(33)34)24-17-31(10-3-2-4-11-31)12-5-22(32)18-36-24/h21-28,35-36H,2-20,33-34H2,1H3,(H,37,40)/t22?,23-,24?,25?,26?,27?/m0/s1. The maximum Gasteiger partial charge on any atom is 0.227 e. The third-order valence-corrected chi connectivity index (χ3v) is 11.2. The molecule has 0 bridgehead atoms. The summed E-state index contributed by atoms with van der Waals surface area (Å²) in [7, 11) is 1.72. The van der Waals surface area contributed by atoms with Crippen molar-refractivity contribution in [2.45, 2.75) is 114 Å². The molecule has 2 amide bonds. The van der Waals surface area contributed by atoms with Gasteiger partial charge in [0.2, 0.25) is 11.8 Å². The Labute approximate surface area is 251 Å². The number of likely N-dealkylation sites (tertiary alicyclic amines) is 2. The van der Waals surface area contributed by atoms with Gasteiger partial charge in [-0.1, -0.05) is 19.3 Å². The number of ether oxygens (including phenoxy) is 1. The van der Waals surface area contributed by atoms with Crippen LogP contribution in [0.5, 0.6) is 0 Å². The van der Waals surface area contributed by atoms with Gasteiger partial charge in [-0.15, -0.1) is 0 Å². The lowest BCUT2D eigenvalue weighted by atomic mass is 9.65. The van der Waals surface area contributed by atoms with Gasteiger partial charge in [0.1, 0.15) is 6.17 Å². The molecule has 6 atom stereocenters. The van der Waals surface area contributed by atoms with Crippen LogP contribution in [-0.4, -0.2) is 111 Å². The van der Waals surface area contributed by atoms with Crippen LogP contribution in [0.25, 0.3) is 0 Å². The number of methoxy groups -OCH3 is 1. The van der Waals surface area contributed by atoms with Gasteiger partial charge in [-0.3, -0.25) is 14.5 Å². The van der Waals surface area contributed by atoms with Gasteiger partial charge in [0.15, 0.2) is 0 Å². The van der Waals surface area contributed by atoms with E-state index in [-0.39, 0.29) is 53.9 Å². The summed E-state index contributed by atoms with van der Waals surface area (Å²) >= 11 is 0. The van der Waals surface area contributed by atoms with Gasteiger partial charge in [-0.2, -0.15) is 0 Å². The molecule has 240 valence electrons. The molecule has 42 heavy (non-hydrogen) atoms. The number of nitrogens with two attached hydrogens (primary N) is 2. The van der Waals surface area contributed by atoms with Gasteiger partial charge >= 0.3 is 0 Å². The van der Waals surface area contributed by atoms with Crippen LogP contribution < -0.4 is 27.4 Å². The van der Waals surface area contributed by atoms with E-state index in [2.05, 4.69) is 20.9 Å². The van der Waals surface area contributed by atoms with Gasteiger partial charge < -0.3 is 37.1 Å². The number of nitrogens with zero attached hydrogens (tertiary/aromatic N) is 2. The highest BCUT2D eigenvalue weighted by molar-refractivity contribution is 5.80. The first-order chi connectivity index (χ1) is 20.3. The fraction of sp³-hybridized carbons (Fsp3) is 0.935. The molecular formula is C31H56FN7O3. The van der Waals surface area contributed by atoms with E-state index in [0.29, 0.717) is 19.5 Å². The minimum atomic E-state index is -0.919. The van der Waals surface area contributed by atoms with Crippen molar-refractivity contribution in [2.24, 2.45) is 28.7 Å². The molecule has 0 aromatic rings. The number of alkyl halides is 1. The monoisotopic (exact) mass is 593 g/mol. The van der Waals surface area contributed by atoms with E-state index in [4.69, 9.17) is 16.2 Å². The number of carbonyl (C=O) groups excluding carboxylic acids is 2. The zero-order valence-electron chi connectivity index (χ0n) is 25.7. The Morgan fingerprint density at radius 3 is 2.45 bits per heavy atom. The summed E-state index contributed by atoms with van der Waals surface area (Å²) in [6.45, 7) is 4.99. The predicted octanol–water partition coefficient (Wildman–Crippen LogP) is 1.08. The quantitative estimate of drug-likeness (QED) is 0.277. The van der Waals surface area contributed by atoms with E-state index in [9.17, 15) is 14.0 Å². The van der Waals surface area contributed by atoms with Crippen molar-refractivity contribution in [3.8, 4) is 0 Å². The molecule has 0 aromatic carbocycles. The minimum Gasteiger partial charge on any atom is -0.380 e. The lowest BCUT2D eigenvalue weighted by Crippen LogP contribution is -2.65. The van der Waals surface area contributed by atoms with E-state index in [1.54, 1.807) is 7.11 Å². The van der Waals surface area contributed by atoms with Gasteiger partial charge in [0.25, 0.3) is 0 Å². The van der Waals surface area contributed by atoms with E-state index in [1.165, 1.54) is 19.3 Å². The summed E-state index contributed by atoms with van der Waals surface area (Å²) in [6, 6.07) is -0.135. The smallest absolute Gasteiger partial charge is 0.227 e. The second-order valence-electron chi connectivity index (χ2n) is 13.9. The number of rotatable bonds is 7. The third-order valence-electron chi connectivity index (χ3n) is 11.2. The molecule has 4 aliphatic heterocycles. The van der Waals surface area contributed by atoms with Gasteiger partial charge in [-0.05, 0) is 82.8 Å². The highest BCUT2D eigenvalue weighted by atomic mass is 19.1. The molecule has 4 saturated heterocycles. The number of nitrogens with one attached hydrogen (secondary N) is 3. The molecule has 0 aromatic heterocycles. The molecule has 1 aliphatic carbocycles. The number of carbonyl (C=O) groups is 2. The largest absolute Gasteiger partial charge is 0.380 e. The Bertz CT molecular complexity index is 896. The minimum absolute atomic E-state index is 0.0584. The molecule has 5 rings (SSSR count). The fourth-order valence-corrected chi connectivity index (χ4v) is 8.69. The van der Waals surface area contributed by atoms with Crippen LogP contribution in [0.3, 0.4) is 0 Å². The summed E-state index contributed by atoms with van der Waals surface area (Å²) in [5.41, 5.74) is 12.7. The molecule has 5 unspecified atom stereocenters. The van der Waals surface area contributed by atoms with Crippen LogP contribution in [0.2, 0.25) is 0 Å². The highest BCUT2D eigenvalue weighted by Gasteiger charge is 2.43. The molecule has 10 nitrogen and oxygen atoms in total. The molecular weight excluding hydrogens is 537 g/mol. The first-order valence-corrected chi connectivity index (χ1v) is 16.7. The molecule has 5 aliphatic rings. The summed E-state index contributed by atoms with van der Waals surface area (Å²) in [5, 5.41) is 10.2. The Morgan fingerprint density at radius 2 is 1.76 bits per heavy atom. The molecule has 7 N–H and O–H groups in total. The van der Waals surface area contributed by atoms with Crippen LogP contribution in [0.4, 0.5) is 4.39 Å². The van der Waals surface area contributed by atoms with Crippen molar-refractivity contribution < 1.29 is 18.7 Å². The van der Waals surface area contributed by atoms with Crippen LogP contribution in [-0.2, 0) is 14.3 Å². The molecule has 11 heteroatoms. The van der Waals surface area contributed by atoms with Crippen LogP contribution >= 0.6 is 0 Å². The van der Waals surface area contributed by atoms with Crippen molar-refractivity contribution in [2.75, 3.05) is 52.9 Å². The number of hydrogen-bond donors (Lipinski definition) is 5. The van der Waals surface area contributed by atoms with Crippen LogP contribution in [0, 0.1) is 17.3 Å². The summed E-state index contributed by atoms with van der Waals surface area (Å²) in [4.78, 5) is 31.6. The summed E-state index contributed by atoms with van der Waals surface area (Å²) in [6.07, 6.45) is 9.93. The van der Waals surface area contributed by atoms with Crippen molar-refractivity contribution in [1.29, 1.82) is 0 Å². The summed E-state index contributed by atoms with van der Waals surface area (Å²) in [5.74, 6) is -0.434. The Morgan fingerprint density at radius 1 is 1.00 bits per heavy atom. The first-order valence-electron chi connectivity index (χ1n) is 16.7. The van der Waals surface area contributed by atoms with Crippen LogP contribution in [0.1, 0.15) is 77.0 Å². The highest BCUT2D eigenvalue weighted by Crippen LogP contribution is 2.46. The van der Waals surface area contributed by atoms with Crippen LogP contribution in [0.15, 0.2) is 0 Å². The van der Waals surface area contributed by atoms with Crippen molar-refractivity contribution in [3.63, 3.8) is 0 Å². The molecule has 4 heterocycles. The maximum atomic E-state index is 14.8. The number of hydrogen-bond acceptors (Lipinski definition) is 8. The lowest BCUT2D eigenvalue weighted by Gasteiger charge is -2.46. The second-order valence-corrected chi connectivity index (χ2v) is 13.9. The van der Waals surface area contributed by atoms with Crippen molar-refractivity contribution in [1.82, 2.24) is 25.8 Å². The SMILES string of the molecule is CO[C@H]1CCN(C(=O)C2CCN(C3CCNCC3NC(=O)C(C(N)N)C3CC4(CCCCC4)CCC(F)CN3)CC2)C1. The maximum absolute atomic E-state index is 14.8. The van der Waals surface area contributed by atoms with Crippen molar-refractivity contribution >= 4 is 11.8 Å². The second kappa shape index (κ2) is 14.6. The summed E-state index contributed by atoms with van der Waals surface area (Å²) < 4.78 is 20.2. The van der Waals surface area contributed by atoms with Crippen molar-refractivity contribution in [3.05, 3.63) is 0 Å². The Kier molecular flexibility index (Phi) is 11.1.